The van der Waals surface area contributed by atoms with Gasteiger partial charge in [0.05, 0.1) is 17.2 Å². The van der Waals surface area contributed by atoms with E-state index in [1.54, 1.807) is 38.2 Å². The van der Waals surface area contributed by atoms with Crippen LogP contribution in [-0.2, 0) is 16.0 Å². The van der Waals surface area contributed by atoms with Gasteiger partial charge in [0, 0.05) is 29.4 Å². The molecule has 0 bridgehead atoms. The predicted molar refractivity (Wildman–Crippen MR) is 130 cm³/mol. The zero-order valence-corrected chi connectivity index (χ0v) is 20.0. The first-order valence-electron chi connectivity index (χ1n) is 10.9. The molecule has 0 aliphatic rings. The van der Waals surface area contributed by atoms with Crippen molar-refractivity contribution in [2.75, 3.05) is 0 Å². The van der Waals surface area contributed by atoms with Crippen LogP contribution in [0.1, 0.15) is 53.7 Å². The Morgan fingerprint density at radius 3 is 2.53 bits per heavy atom. The van der Waals surface area contributed by atoms with E-state index in [9.17, 15) is 14.9 Å². The maximum absolute atomic E-state index is 13.1. The van der Waals surface area contributed by atoms with Crippen LogP contribution in [0.5, 0.6) is 0 Å². The maximum Gasteiger partial charge on any atom is 0.340 e. The second-order valence-electron chi connectivity index (χ2n) is 8.58. The van der Waals surface area contributed by atoms with Crippen LogP contribution in [0.4, 0.5) is 0 Å². The zero-order valence-electron chi connectivity index (χ0n) is 19.3. The molecule has 3 rings (SSSR count). The largest absolute Gasteiger partial charge is 0.446 e. The molecule has 2 atom stereocenters. The molecule has 0 saturated heterocycles. The van der Waals surface area contributed by atoms with Crippen molar-refractivity contribution in [2.45, 2.75) is 44.8 Å². The minimum Gasteiger partial charge on any atom is -0.446 e. The molecule has 3 aromatic rings. The van der Waals surface area contributed by atoms with Gasteiger partial charge in [0.1, 0.15) is 0 Å². The van der Waals surface area contributed by atoms with Crippen LogP contribution in [0.3, 0.4) is 0 Å². The number of benzene rings is 2. The summed E-state index contributed by atoms with van der Waals surface area (Å²) in [7, 11) is 0. The Hall–Kier alpha value is -3.69. The Morgan fingerprint density at radius 2 is 1.88 bits per heavy atom. The normalized spacial score (nSPS) is 12.8. The number of ether oxygens (including phenoxy) is 1. The van der Waals surface area contributed by atoms with Gasteiger partial charge in [-0.15, -0.1) is 0 Å². The second kappa shape index (κ2) is 11.0. The van der Waals surface area contributed by atoms with Crippen molar-refractivity contribution in [2.24, 2.45) is 0 Å². The van der Waals surface area contributed by atoms with E-state index in [1.807, 2.05) is 49.4 Å². The van der Waals surface area contributed by atoms with Crippen molar-refractivity contribution in [3.63, 3.8) is 0 Å². The summed E-state index contributed by atoms with van der Waals surface area (Å²) in [4.78, 5) is 29.5. The number of aromatic nitrogens is 1. The van der Waals surface area contributed by atoms with E-state index in [4.69, 9.17) is 16.3 Å². The number of nitrogens with zero attached hydrogens (tertiary/aromatic N) is 2. The average molecular weight is 476 g/mol. The minimum atomic E-state index is -1.40. The van der Waals surface area contributed by atoms with E-state index in [0.29, 0.717) is 17.0 Å². The number of rotatable bonds is 8. The SMILES string of the molecule is C[C@H](NC(=O)C(C)(C)OC(=O)c1cccnc1)[C@@H](Cc1ccc(Cl)cc1)c1cccc(C#N)c1. The summed E-state index contributed by atoms with van der Waals surface area (Å²) in [5.41, 5.74) is 1.38. The van der Waals surface area contributed by atoms with Gasteiger partial charge < -0.3 is 10.1 Å². The highest BCUT2D eigenvalue weighted by Gasteiger charge is 2.35. The van der Waals surface area contributed by atoms with Crippen LogP contribution < -0.4 is 5.32 Å². The number of carbonyl (C=O) groups is 2. The molecule has 1 aromatic heterocycles. The van der Waals surface area contributed by atoms with Crippen molar-refractivity contribution in [1.82, 2.24) is 10.3 Å². The summed E-state index contributed by atoms with van der Waals surface area (Å²) in [6.45, 7) is 5.00. The molecule has 7 heteroatoms. The highest BCUT2D eigenvalue weighted by atomic mass is 35.5. The lowest BCUT2D eigenvalue weighted by molar-refractivity contribution is -0.138. The summed E-state index contributed by atoms with van der Waals surface area (Å²) >= 11 is 6.03. The molecule has 6 nitrogen and oxygen atoms in total. The minimum absolute atomic E-state index is 0.136. The lowest BCUT2D eigenvalue weighted by atomic mass is 9.85. The molecule has 0 spiro atoms. The van der Waals surface area contributed by atoms with Crippen molar-refractivity contribution in [3.05, 3.63) is 100 Å². The number of nitrogens with one attached hydrogen (secondary N) is 1. The Balaban J connectivity index is 1.80. The molecule has 0 radical (unpaired) electrons. The zero-order chi connectivity index (χ0) is 24.7. The predicted octanol–water partition coefficient (Wildman–Crippen LogP) is 5.07. The molecule has 1 N–H and O–H groups in total. The molecule has 0 saturated carbocycles. The molecule has 0 unspecified atom stereocenters. The first-order chi connectivity index (χ1) is 16.2. The molecule has 2 aromatic carbocycles. The average Bonchev–Trinajstić information content (AvgIpc) is 2.83. The molecule has 0 aliphatic heterocycles. The van der Waals surface area contributed by atoms with Gasteiger partial charge in [-0.3, -0.25) is 9.78 Å². The molecule has 1 amide bonds. The smallest absolute Gasteiger partial charge is 0.340 e. The maximum atomic E-state index is 13.1. The van der Waals surface area contributed by atoms with Gasteiger partial charge in [0.25, 0.3) is 5.91 Å². The van der Waals surface area contributed by atoms with E-state index < -0.39 is 17.5 Å². The van der Waals surface area contributed by atoms with E-state index in [1.165, 1.54) is 6.20 Å². The summed E-state index contributed by atoms with van der Waals surface area (Å²) in [5, 5.41) is 13.0. The Kier molecular flexibility index (Phi) is 8.04. The highest BCUT2D eigenvalue weighted by Crippen LogP contribution is 2.27. The first-order valence-corrected chi connectivity index (χ1v) is 11.3. The van der Waals surface area contributed by atoms with Gasteiger partial charge in [-0.1, -0.05) is 35.9 Å². The number of amides is 1. The van der Waals surface area contributed by atoms with Gasteiger partial charge in [-0.25, -0.2) is 4.79 Å². The van der Waals surface area contributed by atoms with Crippen molar-refractivity contribution >= 4 is 23.5 Å². The topological polar surface area (TPSA) is 92.1 Å². The Bertz CT molecular complexity index is 1190. The van der Waals surface area contributed by atoms with Crippen molar-refractivity contribution in [3.8, 4) is 6.07 Å². The van der Waals surface area contributed by atoms with Gasteiger partial charge in [-0.2, -0.15) is 5.26 Å². The number of nitriles is 1. The number of carbonyl (C=O) groups excluding carboxylic acids is 2. The quantitative estimate of drug-likeness (QED) is 0.459. The number of pyridine rings is 1. The van der Waals surface area contributed by atoms with E-state index in [2.05, 4.69) is 16.4 Å². The van der Waals surface area contributed by atoms with Gasteiger partial charge in [0.15, 0.2) is 5.60 Å². The summed E-state index contributed by atoms with van der Waals surface area (Å²) < 4.78 is 5.49. The Labute approximate surface area is 204 Å². The van der Waals surface area contributed by atoms with Gasteiger partial charge >= 0.3 is 5.97 Å². The molecular formula is C27H26ClN3O3. The standard InChI is InChI=1S/C27H26ClN3O3/c1-18(31-26(33)27(2,3)34-25(32)22-8-5-13-30-17-22)24(15-19-9-11-23(28)12-10-19)21-7-4-6-20(14-21)16-29/h4-14,17-18,24H,15H2,1-3H3,(H,31,33)/t18-,24+/m0/s1. The molecule has 174 valence electrons. The van der Waals surface area contributed by atoms with Crippen LogP contribution >= 0.6 is 11.6 Å². The molecule has 34 heavy (non-hydrogen) atoms. The summed E-state index contributed by atoms with van der Waals surface area (Å²) in [6, 6.07) is 19.9. The van der Waals surface area contributed by atoms with Crippen LogP contribution in [-0.4, -0.2) is 28.5 Å². The van der Waals surface area contributed by atoms with Gasteiger partial charge in [0.2, 0.25) is 0 Å². The van der Waals surface area contributed by atoms with Crippen molar-refractivity contribution in [1.29, 1.82) is 5.26 Å². The lowest BCUT2D eigenvalue weighted by Gasteiger charge is -2.30. The second-order valence-corrected chi connectivity index (χ2v) is 9.01. The number of hydrogen-bond donors (Lipinski definition) is 1. The van der Waals surface area contributed by atoms with Crippen LogP contribution in [0.15, 0.2) is 73.1 Å². The highest BCUT2D eigenvalue weighted by molar-refractivity contribution is 6.30. The lowest BCUT2D eigenvalue weighted by Crippen LogP contribution is -2.50. The third kappa shape index (κ3) is 6.43. The van der Waals surface area contributed by atoms with Gasteiger partial charge in [-0.05, 0) is 74.7 Å². The van der Waals surface area contributed by atoms with Crippen LogP contribution in [0.2, 0.25) is 5.02 Å². The molecule has 0 fully saturated rings. The molecule has 0 aliphatic carbocycles. The molecule has 1 heterocycles. The fourth-order valence-corrected chi connectivity index (χ4v) is 3.72. The van der Waals surface area contributed by atoms with E-state index >= 15 is 0 Å². The summed E-state index contributed by atoms with van der Waals surface area (Å²) in [6.07, 6.45) is 3.56. The van der Waals surface area contributed by atoms with Crippen LogP contribution in [0.25, 0.3) is 0 Å². The van der Waals surface area contributed by atoms with Crippen LogP contribution in [0, 0.1) is 11.3 Å². The Morgan fingerprint density at radius 1 is 1.15 bits per heavy atom. The fraction of sp³-hybridized carbons (Fsp3) is 0.259. The first kappa shape index (κ1) is 24.9. The third-order valence-electron chi connectivity index (χ3n) is 5.57. The van der Waals surface area contributed by atoms with Crippen molar-refractivity contribution < 1.29 is 14.3 Å². The summed E-state index contributed by atoms with van der Waals surface area (Å²) in [5.74, 6) is -1.18. The van der Waals surface area contributed by atoms with E-state index in [-0.39, 0.29) is 17.5 Å². The number of halogens is 1. The van der Waals surface area contributed by atoms with E-state index in [0.717, 1.165) is 11.1 Å². The fourth-order valence-electron chi connectivity index (χ4n) is 3.60. The third-order valence-corrected chi connectivity index (χ3v) is 5.82. The monoisotopic (exact) mass is 475 g/mol. The number of esters is 1. The number of hydrogen-bond acceptors (Lipinski definition) is 5. The molecular weight excluding hydrogens is 450 g/mol.